The van der Waals surface area contributed by atoms with Crippen LogP contribution in [0.2, 0.25) is 5.02 Å². The lowest BCUT2D eigenvalue weighted by atomic mass is 9.87. The van der Waals surface area contributed by atoms with E-state index in [0.717, 1.165) is 41.9 Å². The van der Waals surface area contributed by atoms with E-state index in [1.165, 1.54) is 11.9 Å². The number of aromatic nitrogens is 6. The van der Waals surface area contributed by atoms with E-state index >= 15 is 0 Å². The zero-order valence-corrected chi connectivity index (χ0v) is 20.1. The number of hydrogen-bond donors (Lipinski definition) is 0. The van der Waals surface area contributed by atoms with Crippen LogP contribution in [0.25, 0.3) is 16.9 Å². The summed E-state index contributed by atoms with van der Waals surface area (Å²) >= 11 is 6.29. The topological polar surface area (TPSA) is 81.7 Å². The van der Waals surface area contributed by atoms with Crippen LogP contribution in [0.3, 0.4) is 0 Å². The second-order valence-electron chi connectivity index (χ2n) is 8.55. The van der Waals surface area contributed by atoms with Crippen LogP contribution in [0.1, 0.15) is 54.3 Å². The molecule has 1 aliphatic heterocycles. The second kappa shape index (κ2) is 9.02. The highest BCUT2D eigenvalue weighted by atomic mass is 35.5. The third-order valence-corrected chi connectivity index (χ3v) is 6.79. The quantitative estimate of drug-likeness (QED) is 0.420. The number of amides is 1. The van der Waals surface area contributed by atoms with Gasteiger partial charge in [0.2, 0.25) is 0 Å². The van der Waals surface area contributed by atoms with Gasteiger partial charge in [-0.05, 0) is 60.0 Å². The summed E-state index contributed by atoms with van der Waals surface area (Å²) in [4.78, 5) is 15.9. The number of fused-ring (bicyclic) bond motifs is 1. The lowest BCUT2D eigenvalue weighted by Crippen LogP contribution is -2.47. The third kappa shape index (κ3) is 3.77. The van der Waals surface area contributed by atoms with E-state index < -0.39 is 0 Å². The minimum Gasteiger partial charge on any atom is -0.327 e. The van der Waals surface area contributed by atoms with E-state index in [1.807, 2.05) is 59.1 Å². The van der Waals surface area contributed by atoms with Gasteiger partial charge in [0.25, 0.3) is 5.91 Å². The van der Waals surface area contributed by atoms with Crippen LogP contribution in [0.15, 0.2) is 54.9 Å². The molecule has 0 aliphatic carbocycles. The molecule has 0 bridgehead atoms. The Bertz CT molecular complexity index is 1330. The van der Waals surface area contributed by atoms with Gasteiger partial charge in [-0.15, -0.1) is 5.10 Å². The maximum atomic E-state index is 13.9. The number of benzene rings is 2. The van der Waals surface area contributed by atoms with Crippen LogP contribution in [-0.2, 0) is 13.5 Å². The SMILES string of the molecule is CCC1Cc2c(nn(C)c2-c2cccc(Cl)c2)C(CC)N1C(=O)c1cccc(-n2cnnn2)c1. The molecular weight excluding hydrogens is 450 g/mol. The number of nitrogens with zero attached hydrogens (tertiary/aromatic N) is 7. The summed E-state index contributed by atoms with van der Waals surface area (Å²) in [5.74, 6) is -0.00534. The Labute approximate surface area is 203 Å². The van der Waals surface area contributed by atoms with Crippen molar-refractivity contribution >= 4 is 17.5 Å². The van der Waals surface area contributed by atoms with Crippen LogP contribution >= 0.6 is 11.6 Å². The summed E-state index contributed by atoms with van der Waals surface area (Å²) in [7, 11) is 1.96. The number of rotatable bonds is 5. The molecule has 8 nitrogen and oxygen atoms in total. The van der Waals surface area contributed by atoms with Gasteiger partial charge in [0.15, 0.2) is 0 Å². The van der Waals surface area contributed by atoms with Crippen molar-refractivity contribution in [1.29, 1.82) is 0 Å². The van der Waals surface area contributed by atoms with Crippen LogP contribution in [0.4, 0.5) is 0 Å². The average Bonchev–Trinajstić information content (AvgIpc) is 3.50. The van der Waals surface area contributed by atoms with E-state index in [1.54, 1.807) is 4.68 Å². The molecule has 1 amide bonds. The van der Waals surface area contributed by atoms with Gasteiger partial charge in [-0.3, -0.25) is 9.48 Å². The van der Waals surface area contributed by atoms with Crippen LogP contribution in [0, 0.1) is 0 Å². The summed E-state index contributed by atoms with van der Waals surface area (Å²) in [6.07, 6.45) is 3.88. The molecule has 2 atom stereocenters. The standard InChI is InChI=1S/C25H26ClN7O/c1-4-19-14-21-23(28-31(3)24(21)16-8-6-10-18(26)12-16)22(5-2)33(19)25(34)17-9-7-11-20(13-17)32-15-27-29-30-32/h6-13,15,19,22H,4-5,14H2,1-3H3. The molecule has 5 rings (SSSR count). The minimum absolute atomic E-state index is 0.00534. The zero-order chi connectivity index (χ0) is 23.8. The molecule has 174 valence electrons. The van der Waals surface area contributed by atoms with Crippen LogP contribution < -0.4 is 0 Å². The molecule has 2 aromatic carbocycles. The normalized spacial score (nSPS) is 17.6. The fraction of sp³-hybridized carbons (Fsp3) is 0.320. The molecule has 0 spiro atoms. The first-order valence-corrected chi connectivity index (χ1v) is 11.9. The average molecular weight is 476 g/mol. The molecule has 2 aromatic heterocycles. The Kier molecular flexibility index (Phi) is 5.91. The van der Waals surface area contributed by atoms with Crippen LogP contribution in [-0.4, -0.2) is 46.8 Å². The maximum absolute atomic E-state index is 13.9. The number of hydrogen-bond acceptors (Lipinski definition) is 5. The highest BCUT2D eigenvalue weighted by Gasteiger charge is 2.40. The van der Waals surface area contributed by atoms with Gasteiger partial charge in [-0.25, -0.2) is 4.68 Å². The predicted molar refractivity (Wildman–Crippen MR) is 130 cm³/mol. The predicted octanol–water partition coefficient (Wildman–Crippen LogP) is 4.64. The van der Waals surface area contributed by atoms with E-state index in [-0.39, 0.29) is 18.0 Å². The first-order chi connectivity index (χ1) is 16.5. The maximum Gasteiger partial charge on any atom is 0.254 e. The molecule has 9 heteroatoms. The Hall–Kier alpha value is -3.52. The molecule has 1 aliphatic rings. The van der Waals surface area contributed by atoms with E-state index in [2.05, 4.69) is 35.4 Å². The molecule has 0 saturated carbocycles. The first kappa shape index (κ1) is 22.3. The summed E-state index contributed by atoms with van der Waals surface area (Å²) in [6, 6.07) is 15.2. The van der Waals surface area contributed by atoms with Crippen LogP contribution in [0.5, 0.6) is 0 Å². The smallest absolute Gasteiger partial charge is 0.254 e. The molecule has 2 unspecified atom stereocenters. The fourth-order valence-electron chi connectivity index (χ4n) is 5.02. The number of aryl methyl sites for hydroxylation is 1. The van der Waals surface area contributed by atoms with Gasteiger partial charge in [0.1, 0.15) is 6.33 Å². The number of tetrazole rings is 1. The summed E-state index contributed by atoms with van der Waals surface area (Å²) < 4.78 is 3.48. The van der Waals surface area contributed by atoms with Gasteiger partial charge in [0.05, 0.1) is 23.1 Å². The van der Waals surface area contributed by atoms with Crippen molar-refractivity contribution in [2.45, 2.75) is 45.2 Å². The molecule has 34 heavy (non-hydrogen) atoms. The highest BCUT2D eigenvalue weighted by Crippen LogP contribution is 2.41. The van der Waals surface area contributed by atoms with Crippen molar-refractivity contribution < 1.29 is 4.79 Å². The van der Waals surface area contributed by atoms with Gasteiger partial charge < -0.3 is 4.90 Å². The van der Waals surface area contributed by atoms with Crippen molar-refractivity contribution in [3.8, 4) is 16.9 Å². The van der Waals surface area contributed by atoms with Gasteiger partial charge in [-0.1, -0.05) is 43.6 Å². The molecule has 0 fully saturated rings. The Morgan fingerprint density at radius 1 is 1.12 bits per heavy atom. The van der Waals surface area contributed by atoms with Gasteiger partial charge in [0, 0.05) is 34.8 Å². The van der Waals surface area contributed by atoms with E-state index in [4.69, 9.17) is 16.7 Å². The summed E-state index contributed by atoms with van der Waals surface area (Å²) in [5, 5.41) is 17.0. The molecule has 0 N–H and O–H groups in total. The Morgan fingerprint density at radius 3 is 2.65 bits per heavy atom. The number of halogens is 1. The molecule has 0 saturated heterocycles. The Balaban J connectivity index is 1.56. The summed E-state index contributed by atoms with van der Waals surface area (Å²) in [6.45, 7) is 4.24. The van der Waals surface area contributed by atoms with Crippen molar-refractivity contribution in [1.82, 2.24) is 34.9 Å². The lowest BCUT2D eigenvalue weighted by Gasteiger charge is -2.41. The Morgan fingerprint density at radius 2 is 1.94 bits per heavy atom. The fourth-order valence-corrected chi connectivity index (χ4v) is 5.21. The number of carbonyl (C=O) groups is 1. The molecule has 0 radical (unpaired) electrons. The van der Waals surface area contributed by atoms with Crippen molar-refractivity contribution in [3.05, 3.63) is 76.7 Å². The lowest BCUT2D eigenvalue weighted by molar-refractivity contribution is 0.0513. The van der Waals surface area contributed by atoms with Gasteiger partial charge >= 0.3 is 0 Å². The van der Waals surface area contributed by atoms with Crippen molar-refractivity contribution in [2.75, 3.05) is 0 Å². The highest BCUT2D eigenvalue weighted by molar-refractivity contribution is 6.30. The number of carbonyl (C=O) groups excluding carboxylic acids is 1. The molecule has 4 aromatic rings. The van der Waals surface area contributed by atoms with Crippen molar-refractivity contribution in [2.24, 2.45) is 7.05 Å². The van der Waals surface area contributed by atoms with E-state index in [0.29, 0.717) is 10.6 Å². The van der Waals surface area contributed by atoms with Crippen molar-refractivity contribution in [3.63, 3.8) is 0 Å². The van der Waals surface area contributed by atoms with Gasteiger partial charge in [-0.2, -0.15) is 5.10 Å². The monoisotopic (exact) mass is 475 g/mol. The largest absolute Gasteiger partial charge is 0.327 e. The zero-order valence-electron chi connectivity index (χ0n) is 19.4. The minimum atomic E-state index is -0.114. The second-order valence-corrected chi connectivity index (χ2v) is 8.99. The molecule has 3 heterocycles. The summed E-state index contributed by atoms with van der Waals surface area (Å²) in [5.41, 5.74) is 5.64. The first-order valence-electron chi connectivity index (χ1n) is 11.5. The van der Waals surface area contributed by atoms with E-state index in [9.17, 15) is 4.79 Å². The molecular formula is C25H26ClN7O. The third-order valence-electron chi connectivity index (χ3n) is 6.56.